The van der Waals surface area contributed by atoms with Crippen molar-refractivity contribution in [3.05, 3.63) is 27.4 Å². The van der Waals surface area contributed by atoms with E-state index in [9.17, 15) is 9.90 Å². The largest absolute Gasteiger partial charge is 0.393 e. The van der Waals surface area contributed by atoms with Crippen LogP contribution in [0.4, 0.5) is 0 Å². The Labute approximate surface area is 110 Å². The lowest BCUT2D eigenvalue weighted by Crippen LogP contribution is -2.25. The van der Waals surface area contributed by atoms with Crippen molar-refractivity contribution in [1.82, 2.24) is 5.32 Å². The van der Waals surface area contributed by atoms with Crippen LogP contribution in [0.15, 0.2) is 18.2 Å². The number of thiophene rings is 1. The summed E-state index contributed by atoms with van der Waals surface area (Å²) in [5.41, 5.74) is 0. The first-order valence-corrected chi connectivity index (χ1v) is 6.70. The van der Waals surface area contributed by atoms with E-state index in [0.29, 0.717) is 23.7 Å². The van der Waals surface area contributed by atoms with Crippen LogP contribution in [0, 0.1) is 0 Å². The summed E-state index contributed by atoms with van der Waals surface area (Å²) in [5, 5.41) is 12.0. The lowest BCUT2D eigenvalue weighted by atomic mass is 10.2. The number of aliphatic hydroxyl groups is 1. The maximum atomic E-state index is 11.4. The van der Waals surface area contributed by atoms with E-state index >= 15 is 0 Å². The third kappa shape index (κ3) is 5.86. The van der Waals surface area contributed by atoms with Crippen LogP contribution in [0.1, 0.15) is 24.6 Å². The zero-order chi connectivity index (χ0) is 12.7. The van der Waals surface area contributed by atoms with Crippen molar-refractivity contribution in [2.45, 2.75) is 25.9 Å². The summed E-state index contributed by atoms with van der Waals surface area (Å²) in [6.07, 6.45) is 4.15. The van der Waals surface area contributed by atoms with E-state index < -0.39 is 0 Å². The number of hydrogen-bond donors (Lipinski definition) is 2. The molecule has 0 radical (unpaired) electrons. The summed E-state index contributed by atoms with van der Waals surface area (Å²) in [6, 6.07) is 3.65. The first-order chi connectivity index (χ1) is 8.11. The van der Waals surface area contributed by atoms with Gasteiger partial charge in [-0.25, -0.2) is 0 Å². The van der Waals surface area contributed by atoms with Crippen molar-refractivity contribution < 1.29 is 9.90 Å². The van der Waals surface area contributed by atoms with E-state index in [1.54, 1.807) is 12.1 Å². The van der Waals surface area contributed by atoms with Gasteiger partial charge in [0.1, 0.15) is 0 Å². The number of aliphatic hydroxyl groups excluding tert-OH is 1. The zero-order valence-corrected chi connectivity index (χ0v) is 11.2. The summed E-state index contributed by atoms with van der Waals surface area (Å²) in [4.78, 5) is 12.3. The topological polar surface area (TPSA) is 49.3 Å². The average molecular weight is 274 g/mol. The van der Waals surface area contributed by atoms with E-state index in [2.05, 4.69) is 5.32 Å². The van der Waals surface area contributed by atoms with Gasteiger partial charge in [-0.05, 0) is 31.1 Å². The van der Waals surface area contributed by atoms with E-state index in [0.717, 1.165) is 4.88 Å². The summed E-state index contributed by atoms with van der Waals surface area (Å²) < 4.78 is 0.705. The first-order valence-electron chi connectivity index (χ1n) is 5.51. The van der Waals surface area contributed by atoms with Crippen molar-refractivity contribution in [2.75, 3.05) is 6.54 Å². The molecule has 0 aliphatic carbocycles. The molecule has 0 saturated carbocycles. The van der Waals surface area contributed by atoms with Gasteiger partial charge in [-0.1, -0.05) is 18.5 Å². The number of nitrogens with one attached hydrogen (secondary N) is 1. The second-order valence-corrected chi connectivity index (χ2v) is 5.36. The Balaban J connectivity index is 2.27. The van der Waals surface area contributed by atoms with Gasteiger partial charge < -0.3 is 10.4 Å². The number of carbonyl (C=O) groups is 1. The lowest BCUT2D eigenvalue weighted by molar-refractivity contribution is -0.116. The molecule has 5 heteroatoms. The first kappa shape index (κ1) is 14.2. The van der Waals surface area contributed by atoms with Crippen LogP contribution in [-0.4, -0.2) is 23.7 Å². The van der Waals surface area contributed by atoms with Gasteiger partial charge in [-0.15, -0.1) is 11.3 Å². The minimum absolute atomic E-state index is 0.155. The Morgan fingerprint density at radius 1 is 1.65 bits per heavy atom. The predicted octanol–water partition coefficient (Wildman–Crippen LogP) is 2.69. The van der Waals surface area contributed by atoms with Crippen LogP contribution in [0.3, 0.4) is 0 Å². The molecule has 1 atom stereocenters. The van der Waals surface area contributed by atoms with Gasteiger partial charge in [-0.3, -0.25) is 4.79 Å². The highest BCUT2D eigenvalue weighted by Crippen LogP contribution is 2.22. The third-order valence-corrected chi connectivity index (χ3v) is 3.44. The van der Waals surface area contributed by atoms with E-state index in [4.69, 9.17) is 11.6 Å². The Morgan fingerprint density at radius 3 is 3.00 bits per heavy atom. The van der Waals surface area contributed by atoms with Crippen LogP contribution < -0.4 is 5.32 Å². The number of amides is 1. The number of carbonyl (C=O) groups excluding carboxylic acids is 1. The highest BCUT2D eigenvalue weighted by atomic mass is 35.5. The fraction of sp³-hybridized carbons (Fsp3) is 0.417. The minimum atomic E-state index is -0.338. The van der Waals surface area contributed by atoms with Crippen molar-refractivity contribution in [3.8, 4) is 0 Å². The Hall–Kier alpha value is -0.840. The van der Waals surface area contributed by atoms with Gasteiger partial charge in [0, 0.05) is 17.5 Å². The molecule has 1 aromatic rings. The Kier molecular flexibility index (Phi) is 6.26. The highest BCUT2D eigenvalue weighted by molar-refractivity contribution is 7.17. The van der Waals surface area contributed by atoms with E-state index in [1.807, 2.05) is 13.0 Å². The van der Waals surface area contributed by atoms with Crippen LogP contribution in [0.25, 0.3) is 6.08 Å². The lowest BCUT2D eigenvalue weighted by Gasteiger charge is -2.06. The van der Waals surface area contributed by atoms with Gasteiger partial charge >= 0.3 is 0 Å². The molecule has 94 valence electrons. The molecule has 0 saturated heterocycles. The Morgan fingerprint density at radius 2 is 2.41 bits per heavy atom. The fourth-order valence-electron chi connectivity index (χ4n) is 1.20. The Bertz CT molecular complexity index is 390. The summed E-state index contributed by atoms with van der Waals surface area (Å²) in [5.74, 6) is -0.155. The van der Waals surface area contributed by atoms with E-state index in [-0.39, 0.29) is 12.0 Å². The summed E-state index contributed by atoms with van der Waals surface area (Å²) >= 11 is 7.19. The summed E-state index contributed by atoms with van der Waals surface area (Å²) in [7, 11) is 0. The van der Waals surface area contributed by atoms with Crippen LogP contribution >= 0.6 is 22.9 Å². The standard InChI is InChI=1S/C12H16ClNO2S/c1-2-9(15)7-8-14-12(16)6-4-10-3-5-11(13)17-10/h3-6,9,15H,2,7-8H2,1H3,(H,14,16)/b6-4+. The second kappa shape index (κ2) is 7.48. The van der Waals surface area contributed by atoms with Crippen LogP contribution in [0.2, 0.25) is 4.34 Å². The molecule has 1 heterocycles. The summed E-state index contributed by atoms with van der Waals surface area (Å²) in [6.45, 7) is 2.40. The maximum absolute atomic E-state index is 11.4. The van der Waals surface area contributed by atoms with E-state index in [1.165, 1.54) is 17.4 Å². The molecule has 0 aliphatic heterocycles. The third-order valence-electron chi connectivity index (χ3n) is 2.24. The fourth-order valence-corrected chi connectivity index (χ4v) is 2.16. The number of hydrogen-bond acceptors (Lipinski definition) is 3. The quantitative estimate of drug-likeness (QED) is 0.783. The molecular weight excluding hydrogens is 258 g/mol. The van der Waals surface area contributed by atoms with Gasteiger partial charge in [-0.2, -0.15) is 0 Å². The minimum Gasteiger partial charge on any atom is -0.393 e. The highest BCUT2D eigenvalue weighted by Gasteiger charge is 2.01. The molecule has 1 aromatic heterocycles. The molecule has 0 fully saturated rings. The molecule has 0 spiro atoms. The predicted molar refractivity (Wildman–Crippen MR) is 72.3 cm³/mol. The monoisotopic (exact) mass is 273 g/mol. The van der Waals surface area contributed by atoms with Gasteiger partial charge in [0.25, 0.3) is 0 Å². The maximum Gasteiger partial charge on any atom is 0.244 e. The SMILES string of the molecule is CCC(O)CCNC(=O)/C=C/c1ccc(Cl)s1. The normalized spacial score (nSPS) is 12.9. The van der Waals surface area contributed by atoms with Gasteiger partial charge in [0.05, 0.1) is 10.4 Å². The average Bonchev–Trinajstić information content (AvgIpc) is 2.72. The molecule has 1 rings (SSSR count). The molecule has 3 nitrogen and oxygen atoms in total. The molecule has 17 heavy (non-hydrogen) atoms. The molecule has 0 bridgehead atoms. The van der Waals surface area contributed by atoms with Crippen LogP contribution in [0.5, 0.6) is 0 Å². The zero-order valence-electron chi connectivity index (χ0n) is 9.65. The number of halogens is 1. The van der Waals surface area contributed by atoms with Crippen molar-refractivity contribution in [3.63, 3.8) is 0 Å². The van der Waals surface area contributed by atoms with Crippen LogP contribution in [-0.2, 0) is 4.79 Å². The molecule has 0 aliphatic rings. The van der Waals surface area contributed by atoms with Gasteiger partial charge in [0.2, 0.25) is 5.91 Å². The van der Waals surface area contributed by atoms with Gasteiger partial charge in [0.15, 0.2) is 0 Å². The molecule has 1 amide bonds. The smallest absolute Gasteiger partial charge is 0.244 e. The molecule has 2 N–H and O–H groups in total. The molecular formula is C12H16ClNO2S. The van der Waals surface area contributed by atoms with Crippen molar-refractivity contribution >= 4 is 34.9 Å². The second-order valence-electron chi connectivity index (χ2n) is 3.62. The number of rotatable bonds is 6. The van der Waals surface area contributed by atoms with Crippen molar-refractivity contribution in [1.29, 1.82) is 0 Å². The molecule has 1 unspecified atom stereocenters. The molecule has 0 aromatic carbocycles. The van der Waals surface area contributed by atoms with Crippen molar-refractivity contribution in [2.24, 2.45) is 0 Å².